The van der Waals surface area contributed by atoms with Crippen molar-refractivity contribution in [3.05, 3.63) is 46.5 Å². The summed E-state index contributed by atoms with van der Waals surface area (Å²) >= 11 is 0. The van der Waals surface area contributed by atoms with Crippen LogP contribution in [0.15, 0.2) is 24.3 Å². The lowest BCUT2D eigenvalue weighted by atomic mass is 9.89. The Kier molecular flexibility index (Phi) is 10.2. The normalized spacial score (nSPS) is 10.7. The zero-order valence-corrected chi connectivity index (χ0v) is 20.1. The average molecular weight is 476 g/mol. The minimum atomic E-state index is -0.519. The number of ether oxygens (including phenoxy) is 3. The maximum Gasteiger partial charge on any atom is 0.227 e. The lowest BCUT2D eigenvalue weighted by molar-refractivity contribution is -0.131. The molecule has 34 heavy (non-hydrogen) atoms. The van der Waals surface area contributed by atoms with Crippen LogP contribution >= 0.6 is 0 Å². The zero-order valence-electron chi connectivity index (χ0n) is 20.1. The van der Waals surface area contributed by atoms with Crippen molar-refractivity contribution in [1.82, 2.24) is 4.90 Å². The number of carbonyl (C=O) groups is 2. The highest BCUT2D eigenvalue weighted by molar-refractivity contribution is 6.12. The molecule has 0 aliphatic heterocycles. The van der Waals surface area contributed by atoms with Crippen LogP contribution in [0.4, 0.5) is 0 Å². The highest BCUT2D eigenvalue weighted by Gasteiger charge is 2.27. The maximum absolute atomic E-state index is 13.5. The van der Waals surface area contributed by atoms with Gasteiger partial charge >= 0.3 is 0 Å². The molecule has 9 nitrogen and oxygen atoms in total. The van der Waals surface area contributed by atoms with E-state index in [1.165, 1.54) is 32.3 Å². The predicted molar refractivity (Wildman–Crippen MR) is 126 cm³/mol. The molecular weight excluding hydrogens is 442 g/mol. The molecule has 9 heteroatoms. The SMILES string of the molecule is CCc1c(O)cc(O)c(C(=O)c2ccc(OC)c(OC)c2)c1CC(=O)N(CCCO)CCOC. The van der Waals surface area contributed by atoms with Crippen LogP contribution in [0.1, 0.15) is 40.4 Å². The van der Waals surface area contributed by atoms with Crippen LogP contribution in [0.2, 0.25) is 0 Å². The predicted octanol–water partition coefficient (Wildman–Crippen LogP) is 2.31. The van der Waals surface area contributed by atoms with Gasteiger partial charge in [0.2, 0.25) is 5.91 Å². The van der Waals surface area contributed by atoms with E-state index in [1.807, 2.05) is 0 Å². The summed E-state index contributed by atoms with van der Waals surface area (Å²) in [5.74, 6) is -0.658. The monoisotopic (exact) mass is 475 g/mol. The molecule has 0 unspecified atom stereocenters. The standard InChI is InChI=1S/C25H33NO8/c1-5-17-18(14-23(30)26(9-6-11-27)10-12-32-2)24(20(29)15-19(17)28)25(31)16-7-8-21(33-3)22(13-16)34-4/h7-8,13,15,27-29H,5-6,9-12,14H2,1-4H3. The fourth-order valence-corrected chi connectivity index (χ4v) is 3.80. The second kappa shape index (κ2) is 12.8. The lowest BCUT2D eigenvalue weighted by Gasteiger charge is -2.24. The Morgan fingerprint density at radius 1 is 0.941 bits per heavy atom. The quantitative estimate of drug-likeness (QED) is 0.377. The Labute approximate surface area is 199 Å². The van der Waals surface area contributed by atoms with Crippen molar-refractivity contribution in [2.24, 2.45) is 0 Å². The minimum absolute atomic E-state index is 0.0518. The smallest absolute Gasteiger partial charge is 0.227 e. The van der Waals surface area contributed by atoms with Crippen molar-refractivity contribution in [1.29, 1.82) is 0 Å². The summed E-state index contributed by atoms with van der Waals surface area (Å²) < 4.78 is 15.6. The fraction of sp³-hybridized carbons (Fsp3) is 0.440. The maximum atomic E-state index is 13.5. The van der Waals surface area contributed by atoms with Crippen molar-refractivity contribution >= 4 is 11.7 Å². The molecule has 2 rings (SSSR count). The third-order valence-electron chi connectivity index (χ3n) is 5.56. The van der Waals surface area contributed by atoms with Crippen LogP contribution < -0.4 is 9.47 Å². The fourth-order valence-electron chi connectivity index (χ4n) is 3.80. The first-order valence-corrected chi connectivity index (χ1v) is 11.0. The van der Waals surface area contributed by atoms with E-state index in [9.17, 15) is 24.9 Å². The highest BCUT2D eigenvalue weighted by Crippen LogP contribution is 2.36. The number of methoxy groups -OCH3 is 3. The Bertz CT molecular complexity index is 997. The Morgan fingerprint density at radius 3 is 2.24 bits per heavy atom. The molecule has 0 aliphatic rings. The van der Waals surface area contributed by atoms with E-state index in [2.05, 4.69) is 0 Å². The molecule has 2 aromatic carbocycles. The van der Waals surface area contributed by atoms with Crippen LogP contribution in [0, 0.1) is 0 Å². The number of hydrogen-bond acceptors (Lipinski definition) is 8. The molecule has 3 N–H and O–H groups in total. The largest absolute Gasteiger partial charge is 0.508 e. The van der Waals surface area contributed by atoms with E-state index in [0.29, 0.717) is 49.6 Å². The van der Waals surface area contributed by atoms with Gasteiger partial charge in [0.25, 0.3) is 0 Å². The van der Waals surface area contributed by atoms with Gasteiger partial charge in [-0.2, -0.15) is 0 Å². The van der Waals surface area contributed by atoms with Crippen LogP contribution in [-0.2, 0) is 22.4 Å². The van der Waals surface area contributed by atoms with E-state index in [1.54, 1.807) is 19.1 Å². The first-order valence-electron chi connectivity index (χ1n) is 11.0. The third-order valence-corrected chi connectivity index (χ3v) is 5.56. The number of ketones is 1. The van der Waals surface area contributed by atoms with Crippen LogP contribution in [0.25, 0.3) is 0 Å². The second-order valence-electron chi connectivity index (χ2n) is 7.63. The summed E-state index contributed by atoms with van der Waals surface area (Å²) in [6.45, 7) is 2.64. The number of benzene rings is 2. The van der Waals surface area contributed by atoms with Crippen molar-refractivity contribution in [3.8, 4) is 23.0 Å². The molecule has 0 heterocycles. The number of carbonyl (C=O) groups excluding carboxylic acids is 2. The van der Waals surface area contributed by atoms with Gasteiger partial charge in [0, 0.05) is 38.4 Å². The number of nitrogens with zero attached hydrogens (tertiary/aromatic N) is 1. The molecule has 0 radical (unpaired) electrons. The number of aliphatic hydroxyl groups is 1. The van der Waals surface area contributed by atoms with Crippen LogP contribution in [0.5, 0.6) is 23.0 Å². The zero-order chi connectivity index (χ0) is 25.3. The summed E-state index contributed by atoms with van der Waals surface area (Å²) in [5, 5.41) is 30.3. The van der Waals surface area contributed by atoms with E-state index in [4.69, 9.17) is 14.2 Å². The molecule has 0 saturated carbocycles. The van der Waals surface area contributed by atoms with Gasteiger partial charge in [-0.25, -0.2) is 0 Å². The molecule has 0 atom stereocenters. The van der Waals surface area contributed by atoms with Crippen molar-refractivity contribution in [3.63, 3.8) is 0 Å². The Morgan fingerprint density at radius 2 is 1.65 bits per heavy atom. The number of aromatic hydroxyl groups is 2. The molecule has 2 aromatic rings. The Hall–Kier alpha value is -3.30. The van der Waals surface area contributed by atoms with Gasteiger partial charge in [-0.3, -0.25) is 9.59 Å². The van der Waals surface area contributed by atoms with Gasteiger partial charge in [0.15, 0.2) is 17.3 Å². The van der Waals surface area contributed by atoms with Crippen molar-refractivity contribution < 1.29 is 39.1 Å². The van der Waals surface area contributed by atoms with Gasteiger partial charge in [0.05, 0.1) is 32.8 Å². The molecular formula is C25H33NO8. The summed E-state index contributed by atoms with van der Waals surface area (Å²) in [6.07, 6.45) is 0.517. The number of amides is 1. The highest BCUT2D eigenvalue weighted by atomic mass is 16.5. The van der Waals surface area contributed by atoms with E-state index in [-0.39, 0.29) is 41.4 Å². The van der Waals surface area contributed by atoms with Gasteiger partial charge in [-0.1, -0.05) is 6.92 Å². The number of phenols is 2. The van der Waals surface area contributed by atoms with Gasteiger partial charge in [-0.15, -0.1) is 0 Å². The first-order chi connectivity index (χ1) is 16.3. The van der Waals surface area contributed by atoms with Crippen molar-refractivity contribution in [2.45, 2.75) is 26.2 Å². The first kappa shape index (κ1) is 26.9. The summed E-state index contributed by atoms with van der Waals surface area (Å²) in [7, 11) is 4.45. The van der Waals surface area contributed by atoms with Gasteiger partial charge in [0.1, 0.15) is 11.5 Å². The number of hydrogen-bond donors (Lipinski definition) is 3. The summed E-state index contributed by atoms with van der Waals surface area (Å²) in [4.78, 5) is 28.2. The molecule has 0 aliphatic carbocycles. The molecule has 1 amide bonds. The molecule has 0 saturated heterocycles. The van der Waals surface area contributed by atoms with Crippen LogP contribution in [-0.4, -0.2) is 79.5 Å². The second-order valence-corrected chi connectivity index (χ2v) is 7.63. The van der Waals surface area contributed by atoms with Crippen molar-refractivity contribution in [2.75, 3.05) is 47.6 Å². The van der Waals surface area contributed by atoms with E-state index in [0.717, 1.165) is 6.07 Å². The van der Waals surface area contributed by atoms with Gasteiger partial charge < -0.3 is 34.4 Å². The van der Waals surface area contributed by atoms with E-state index >= 15 is 0 Å². The molecule has 0 bridgehead atoms. The number of aliphatic hydroxyl groups excluding tert-OH is 1. The molecule has 0 spiro atoms. The Balaban J connectivity index is 2.55. The average Bonchev–Trinajstić information content (AvgIpc) is 2.83. The third kappa shape index (κ3) is 6.18. The van der Waals surface area contributed by atoms with Gasteiger partial charge in [-0.05, 0) is 42.2 Å². The molecule has 186 valence electrons. The molecule has 0 fully saturated rings. The van der Waals surface area contributed by atoms with E-state index < -0.39 is 11.5 Å². The number of rotatable bonds is 13. The summed E-state index contributed by atoms with van der Waals surface area (Å²) in [5.41, 5.74) is 0.843. The summed E-state index contributed by atoms with van der Waals surface area (Å²) in [6, 6.07) is 5.74. The minimum Gasteiger partial charge on any atom is -0.508 e. The molecule has 0 aromatic heterocycles. The lowest BCUT2D eigenvalue weighted by Crippen LogP contribution is -2.36. The number of phenolic OH excluding ortho intramolecular Hbond substituents is 2. The van der Waals surface area contributed by atoms with Crippen LogP contribution in [0.3, 0.4) is 0 Å². The topological polar surface area (TPSA) is 126 Å².